The minimum Gasteiger partial charge on any atom is -0.497 e. The molecule has 0 atom stereocenters. The lowest BCUT2D eigenvalue weighted by Gasteiger charge is -2.24. The first-order chi connectivity index (χ1) is 12.8. The van der Waals surface area contributed by atoms with Gasteiger partial charge in [0.05, 0.1) is 36.4 Å². The number of anilines is 1. The summed E-state index contributed by atoms with van der Waals surface area (Å²) in [5.74, 6) is 0.221. The van der Waals surface area contributed by atoms with E-state index in [-0.39, 0.29) is 22.2 Å². The molecule has 0 aliphatic rings. The zero-order valence-corrected chi connectivity index (χ0v) is 16.7. The van der Waals surface area contributed by atoms with Crippen LogP contribution in [0.3, 0.4) is 0 Å². The lowest BCUT2D eigenvalue weighted by Crippen LogP contribution is -2.36. The summed E-state index contributed by atoms with van der Waals surface area (Å²) in [6.45, 7) is 1.29. The molecule has 7 nitrogen and oxygen atoms in total. The summed E-state index contributed by atoms with van der Waals surface area (Å²) in [5.41, 5.74) is 0.213. The first-order valence-corrected chi connectivity index (χ1v) is 9.81. The maximum absolute atomic E-state index is 13.1. The van der Waals surface area contributed by atoms with Crippen molar-refractivity contribution >= 4 is 33.3 Å². The van der Waals surface area contributed by atoms with Crippen LogP contribution in [0.2, 0.25) is 5.02 Å². The van der Waals surface area contributed by atoms with Crippen LogP contribution in [-0.2, 0) is 19.6 Å². The van der Waals surface area contributed by atoms with Gasteiger partial charge in [-0.25, -0.2) is 8.42 Å². The smallest absolute Gasteiger partial charge is 0.326 e. The molecule has 0 N–H and O–H groups in total. The number of halogens is 1. The third-order valence-electron chi connectivity index (χ3n) is 3.65. The SMILES string of the molecule is CCOC(=O)CN(c1ccc(OC)c(Cl)c1)S(=O)(=O)c1ccc(OC)cc1. The van der Waals surface area contributed by atoms with Crippen molar-refractivity contribution in [2.45, 2.75) is 11.8 Å². The van der Waals surface area contributed by atoms with Gasteiger partial charge >= 0.3 is 5.97 Å². The van der Waals surface area contributed by atoms with Gasteiger partial charge in [0.15, 0.2) is 0 Å². The highest BCUT2D eigenvalue weighted by molar-refractivity contribution is 7.92. The normalized spacial score (nSPS) is 11.0. The maximum atomic E-state index is 13.1. The van der Waals surface area contributed by atoms with E-state index < -0.39 is 22.5 Å². The molecule has 0 amide bonds. The van der Waals surface area contributed by atoms with Gasteiger partial charge in [-0.15, -0.1) is 0 Å². The molecule has 0 saturated carbocycles. The van der Waals surface area contributed by atoms with Gasteiger partial charge in [-0.3, -0.25) is 9.10 Å². The number of ether oxygens (including phenoxy) is 3. The highest BCUT2D eigenvalue weighted by Crippen LogP contribution is 2.32. The molecular formula is C18H20ClNO6S. The van der Waals surface area contributed by atoms with Crippen molar-refractivity contribution in [2.24, 2.45) is 0 Å². The third kappa shape index (κ3) is 4.84. The van der Waals surface area contributed by atoms with Crippen molar-refractivity contribution < 1.29 is 27.4 Å². The van der Waals surface area contributed by atoms with Gasteiger partial charge in [-0.05, 0) is 49.4 Å². The number of nitrogens with zero attached hydrogens (tertiary/aromatic N) is 1. The minimum atomic E-state index is -4.05. The average Bonchev–Trinajstić information content (AvgIpc) is 2.66. The van der Waals surface area contributed by atoms with Crippen LogP contribution >= 0.6 is 11.6 Å². The number of esters is 1. The number of carbonyl (C=O) groups excluding carboxylic acids is 1. The number of hydrogen-bond acceptors (Lipinski definition) is 6. The second-order valence-electron chi connectivity index (χ2n) is 5.31. The van der Waals surface area contributed by atoms with E-state index in [1.165, 1.54) is 56.7 Å². The molecule has 0 aromatic heterocycles. The van der Waals surface area contributed by atoms with Gasteiger partial charge < -0.3 is 14.2 Å². The van der Waals surface area contributed by atoms with Crippen molar-refractivity contribution in [3.63, 3.8) is 0 Å². The summed E-state index contributed by atoms with van der Waals surface area (Å²) in [4.78, 5) is 12.0. The Hall–Kier alpha value is -2.45. The largest absolute Gasteiger partial charge is 0.497 e. The molecule has 0 radical (unpaired) electrons. The lowest BCUT2D eigenvalue weighted by atomic mass is 10.3. The zero-order valence-electron chi connectivity index (χ0n) is 15.1. The standard InChI is InChI=1S/C18H20ClNO6S/c1-4-26-18(21)12-20(13-5-10-17(25-3)16(19)11-13)27(22,23)15-8-6-14(24-2)7-9-15/h5-11H,4,12H2,1-3H3. The lowest BCUT2D eigenvalue weighted by molar-refractivity contribution is -0.141. The molecule has 0 saturated heterocycles. The molecule has 0 spiro atoms. The molecule has 2 rings (SSSR count). The van der Waals surface area contributed by atoms with Crippen molar-refractivity contribution in [1.82, 2.24) is 0 Å². The Morgan fingerprint density at radius 1 is 1.07 bits per heavy atom. The highest BCUT2D eigenvalue weighted by Gasteiger charge is 2.28. The summed E-state index contributed by atoms with van der Waals surface area (Å²) in [6.07, 6.45) is 0. The first kappa shape index (κ1) is 20.9. The van der Waals surface area contributed by atoms with Crippen LogP contribution in [0.25, 0.3) is 0 Å². The Labute approximate surface area is 163 Å². The topological polar surface area (TPSA) is 82.1 Å². The van der Waals surface area contributed by atoms with Crippen molar-refractivity contribution in [3.05, 3.63) is 47.5 Å². The number of carbonyl (C=O) groups is 1. The second-order valence-corrected chi connectivity index (χ2v) is 7.58. The summed E-state index contributed by atoms with van der Waals surface area (Å²) >= 11 is 6.13. The fraction of sp³-hybridized carbons (Fsp3) is 0.278. The number of sulfonamides is 1. The molecule has 146 valence electrons. The molecule has 0 fully saturated rings. The molecule has 27 heavy (non-hydrogen) atoms. The van der Waals surface area contributed by atoms with E-state index in [0.29, 0.717) is 11.5 Å². The minimum absolute atomic E-state index is 0.000427. The number of rotatable bonds is 8. The Kier molecular flexibility index (Phi) is 6.92. The summed E-state index contributed by atoms with van der Waals surface area (Å²) in [7, 11) is -1.12. The Morgan fingerprint density at radius 3 is 2.26 bits per heavy atom. The molecule has 9 heteroatoms. The van der Waals surface area contributed by atoms with Crippen LogP contribution in [0.4, 0.5) is 5.69 Å². The molecular weight excluding hydrogens is 394 g/mol. The Bertz CT molecular complexity index is 899. The van der Waals surface area contributed by atoms with E-state index in [4.69, 9.17) is 25.8 Å². The molecule has 0 unspecified atom stereocenters. The van der Waals surface area contributed by atoms with Gasteiger partial charge in [0.2, 0.25) is 0 Å². The van der Waals surface area contributed by atoms with E-state index >= 15 is 0 Å². The van der Waals surface area contributed by atoms with Gasteiger partial charge in [-0.2, -0.15) is 0 Å². The van der Waals surface area contributed by atoms with E-state index in [0.717, 1.165) is 4.31 Å². The number of hydrogen-bond donors (Lipinski definition) is 0. The maximum Gasteiger partial charge on any atom is 0.326 e. The van der Waals surface area contributed by atoms with E-state index in [1.807, 2.05) is 0 Å². The van der Waals surface area contributed by atoms with Crippen LogP contribution in [0.15, 0.2) is 47.4 Å². The average molecular weight is 414 g/mol. The Balaban J connectivity index is 2.50. The number of methoxy groups -OCH3 is 2. The Morgan fingerprint density at radius 2 is 1.74 bits per heavy atom. The van der Waals surface area contributed by atoms with Gasteiger partial charge in [0, 0.05) is 0 Å². The van der Waals surface area contributed by atoms with E-state index in [9.17, 15) is 13.2 Å². The van der Waals surface area contributed by atoms with E-state index in [1.54, 1.807) is 6.92 Å². The van der Waals surface area contributed by atoms with Gasteiger partial charge in [0.1, 0.15) is 18.0 Å². The molecule has 0 aliphatic carbocycles. The first-order valence-electron chi connectivity index (χ1n) is 7.99. The fourth-order valence-electron chi connectivity index (χ4n) is 2.32. The predicted molar refractivity (Wildman–Crippen MR) is 102 cm³/mol. The summed E-state index contributed by atoms with van der Waals surface area (Å²) < 4.78 is 42.3. The van der Waals surface area contributed by atoms with Crippen molar-refractivity contribution in [1.29, 1.82) is 0 Å². The van der Waals surface area contributed by atoms with Crippen LogP contribution < -0.4 is 13.8 Å². The van der Waals surface area contributed by atoms with E-state index in [2.05, 4.69) is 0 Å². The third-order valence-corrected chi connectivity index (χ3v) is 5.73. The van der Waals surface area contributed by atoms with Crippen molar-refractivity contribution in [2.75, 3.05) is 31.7 Å². The fourth-order valence-corrected chi connectivity index (χ4v) is 3.98. The molecule has 2 aromatic carbocycles. The predicted octanol–water partition coefficient (Wildman–Crippen LogP) is 3.12. The van der Waals surface area contributed by atoms with Crippen LogP contribution in [0.1, 0.15) is 6.92 Å². The van der Waals surface area contributed by atoms with Crippen LogP contribution in [-0.4, -0.2) is 41.8 Å². The van der Waals surface area contributed by atoms with Crippen LogP contribution in [0.5, 0.6) is 11.5 Å². The molecule has 0 heterocycles. The quantitative estimate of drug-likeness (QED) is 0.618. The molecule has 0 bridgehead atoms. The second kappa shape index (κ2) is 8.96. The summed E-state index contributed by atoms with van der Waals surface area (Å²) in [6, 6.07) is 10.3. The van der Waals surface area contributed by atoms with Gasteiger partial charge in [0.25, 0.3) is 10.0 Å². The zero-order chi connectivity index (χ0) is 20.0. The highest BCUT2D eigenvalue weighted by atomic mass is 35.5. The molecule has 0 aliphatic heterocycles. The summed E-state index contributed by atoms with van der Waals surface area (Å²) in [5, 5.41) is 0.216. The number of benzene rings is 2. The molecule has 2 aromatic rings. The van der Waals surface area contributed by atoms with Gasteiger partial charge in [-0.1, -0.05) is 11.6 Å². The van der Waals surface area contributed by atoms with Crippen molar-refractivity contribution in [3.8, 4) is 11.5 Å². The van der Waals surface area contributed by atoms with Crippen LogP contribution in [0, 0.1) is 0 Å². The monoisotopic (exact) mass is 413 g/mol.